The summed E-state index contributed by atoms with van der Waals surface area (Å²) >= 11 is 7.53. The zero-order chi connectivity index (χ0) is 24.0. The number of anilines is 1. The number of amides is 1. The topological polar surface area (TPSA) is 78.3 Å². The van der Waals surface area contributed by atoms with Gasteiger partial charge in [-0.25, -0.2) is 0 Å². The van der Waals surface area contributed by atoms with Crippen LogP contribution >= 0.6 is 23.4 Å². The quantitative estimate of drug-likeness (QED) is 0.307. The van der Waals surface area contributed by atoms with Gasteiger partial charge in [0.2, 0.25) is 5.91 Å². The first-order valence-corrected chi connectivity index (χ1v) is 11.7. The van der Waals surface area contributed by atoms with E-state index in [1.165, 1.54) is 11.8 Å². The number of allylic oxidation sites excluding steroid dienone is 1. The Morgan fingerprint density at radius 3 is 2.61 bits per heavy atom. The first-order valence-electron chi connectivity index (χ1n) is 10.3. The summed E-state index contributed by atoms with van der Waals surface area (Å²) < 4.78 is 13.1. The highest BCUT2D eigenvalue weighted by molar-refractivity contribution is 7.99. The van der Waals surface area contributed by atoms with Crippen molar-refractivity contribution in [2.24, 2.45) is 0 Å². The van der Waals surface area contributed by atoms with Crippen LogP contribution in [0.25, 0.3) is 0 Å². The zero-order valence-electron chi connectivity index (χ0n) is 19.1. The van der Waals surface area contributed by atoms with Crippen molar-refractivity contribution >= 4 is 35.0 Å². The third-order valence-corrected chi connectivity index (χ3v) is 6.41. The lowest BCUT2D eigenvalue weighted by Crippen LogP contribution is -2.15. The van der Waals surface area contributed by atoms with Gasteiger partial charge in [0.25, 0.3) is 0 Å². The fourth-order valence-electron chi connectivity index (χ4n) is 3.22. The molecule has 0 radical (unpaired) electrons. The number of hydrogen-bond donors (Lipinski definition) is 1. The normalized spacial score (nSPS) is 10.7. The molecule has 0 aliphatic rings. The molecule has 7 nitrogen and oxygen atoms in total. The van der Waals surface area contributed by atoms with Gasteiger partial charge in [0.05, 0.1) is 18.6 Å². The molecule has 33 heavy (non-hydrogen) atoms. The summed E-state index contributed by atoms with van der Waals surface area (Å²) in [6.45, 7) is 10.4. The average molecular weight is 487 g/mol. The molecule has 174 valence electrons. The third kappa shape index (κ3) is 6.30. The first kappa shape index (κ1) is 24.7. The Balaban J connectivity index is 1.66. The van der Waals surface area contributed by atoms with Crippen LogP contribution in [0.2, 0.25) is 5.02 Å². The molecule has 0 aliphatic heterocycles. The highest BCUT2D eigenvalue weighted by Gasteiger charge is 2.15. The molecular formula is C24H27ClN4O3S. The van der Waals surface area contributed by atoms with Gasteiger partial charge in [0, 0.05) is 11.6 Å². The van der Waals surface area contributed by atoms with E-state index in [9.17, 15) is 4.79 Å². The Kier molecular flexibility index (Phi) is 8.41. The van der Waals surface area contributed by atoms with Crippen molar-refractivity contribution in [3.63, 3.8) is 0 Å². The van der Waals surface area contributed by atoms with E-state index in [2.05, 4.69) is 22.1 Å². The number of nitrogens with one attached hydrogen (secondary N) is 1. The Bertz CT molecular complexity index is 1140. The predicted octanol–water partition coefficient (Wildman–Crippen LogP) is 5.36. The highest BCUT2D eigenvalue weighted by Crippen LogP contribution is 2.28. The van der Waals surface area contributed by atoms with Crippen LogP contribution in [0, 0.1) is 20.8 Å². The van der Waals surface area contributed by atoms with Crippen LogP contribution in [0.5, 0.6) is 11.5 Å². The molecule has 0 aliphatic carbocycles. The van der Waals surface area contributed by atoms with E-state index in [-0.39, 0.29) is 18.3 Å². The fraction of sp³-hybridized carbons (Fsp3) is 0.292. The molecule has 0 fully saturated rings. The monoisotopic (exact) mass is 486 g/mol. The van der Waals surface area contributed by atoms with Gasteiger partial charge < -0.3 is 14.8 Å². The predicted molar refractivity (Wildman–Crippen MR) is 133 cm³/mol. The van der Waals surface area contributed by atoms with Gasteiger partial charge in [-0.05, 0) is 61.7 Å². The second-order valence-electron chi connectivity index (χ2n) is 7.50. The van der Waals surface area contributed by atoms with E-state index in [4.69, 9.17) is 21.1 Å². The molecule has 1 heterocycles. The molecule has 1 amide bonds. The van der Waals surface area contributed by atoms with Gasteiger partial charge in [-0.15, -0.1) is 16.8 Å². The van der Waals surface area contributed by atoms with Crippen molar-refractivity contribution in [3.8, 4) is 11.5 Å². The number of carbonyl (C=O) groups is 1. The van der Waals surface area contributed by atoms with E-state index in [0.717, 1.165) is 21.7 Å². The van der Waals surface area contributed by atoms with Crippen LogP contribution in [0.3, 0.4) is 0 Å². The van der Waals surface area contributed by atoms with E-state index in [1.54, 1.807) is 13.2 Å². The van der Waals surface area contributed by atoms with Crippen molar-refractivity contribution in [1.29, 1.82) is 0 Å². The van der Waals surface area contributed by atoms with Crippen LogP contribution in [0.1, 0.15) is 22.5 Å². The lowest BCUT2D eigenvalue weighted by molar-refractivity contribution is -0.113. The number of carbonyl (C=O) groups excluding carboxylic acids is 1. The Morgan fingerprint density at radius 2 is 1.94 bits per heavy atom. The maximum atomic E-state index is 12.5. The van der Waals surface area contributed by atoms with Crippen LogP contribution < -0.4 is 14.8 Å². The second kappa shape index (κ2) is 11.2. The van der Waals surface area contributed by atoms with Crippen LogP contribution in [-0.2, 0) is 17.9 Å². The van der Waals surface area contributed by atoms with Gasteiger partial charge >= 0.3 is 0 Å². The van der Waals surface area contributed by atoms with Crippen LogP contribution in [-0.4, -0.2) is 33.5 Å². The lowest BCUT2D eigenvalue weighted by Gasteiger charge is -2.12. The Morgan fingerprint density at radius 1 is 1.21 bits per heavy atom. The molecule has 0 unspecified atom stereocenters. The van der Waals surface area contributed by atoms with E-state index >= 15 is 0 Å². The molecule has 9 heteroatoms. The SMILES string of the molecule is C=CCn1c(COc2cc(C)c(Cl)c(C)c2)nnc1SCC(=O)Nc1cc(C)ccc1OC. The van der Waals surface area contributed by atoms with Crippen molar-refractivity contribution in [3.05, 3.63) is 70.5 Å². The number of aryl methyl sites for hydroxylation is 3. The molecule has 0 bridgehead atoms. The molecule has 1 N–H and O–H groups in total. The number of methoxy groups -OCH3 is 1. The summed E-state index contributed by atoms with van der Waals surface area (Å²) in [5.41, 5.74) is 3.57. The number of hydrogen-bond acceptors (Lipinski definition) is 6. The van der Waals surface area contributed by atoms with Gasteiger partial charge in [-0.1, -0.05) is 35.5 Å². The van der Waals surface area contributed by atoms with Crippen molar-refractivity contribution in [2.75, 3.05) is 18.2 Å². The number of halogens is 1. The molecule has 0 spiro atoms. The summed E-state index contributed by atoms with van der Waals surface area (Å²) in [7, 11) is 1.57. The largest absolute Gasteiger partial charge is 0.495 e. The molecule has 0 atom stereocenters. The van der Waals surface area contributed by atoms with Gasteiger partial charge in [-0.2, -0.15) is 0 Å². The van der Waals surface area contributed by atoms with Gasteiger partial charge in [0.1, 0.15) is 18.1 Å². The Hall–Kier alpha value is -2.97. The maximum absolute atomic E-state index is 12.5. The number of nitrogens with zero attached hydrogens (tertiary/aromatic N) is 3. The summed E-state index contributed by atoms with van der Waals surface area (Å²) in [6.07, 6.45) is 1.76. The first-order chi connectivity index (χ1) is 15.8. The summed E-state index contributed by atoms with van der Waals surface area (Å²) in [5, 5.41) is 12.7. The van der Waals surface area contributed by atoms with Crippen molar-refractivity contribution < 1.29 is 14.3 Å². The zero-order valence-corrected chi connectivity index (χ0v) is 20.7. The number of ether oxygens (including phenoxy) is 2. The molecule has 2 aromatic carbocycles. The molecular weight excluding hydrogens is 460 g/mol. The van der Waals surface area contributed by atoms with E-state index in [1.807, 2.05) is 55.7 Å². The second-order valence-corrected chi connectivity index (χ2v) is 8.82. The minimum absolute atomic E-state index is 0.165. The maximum Gasteiger partial charge on any atom is 0.234 e. The van der Waals surface area contributed by atoms with Gasteiger partial charge in [-0.3, -0.25) is 9.36 Å². The van der Waals surface area contributed by atoms with E-state index < -0.39 is 0 Å². The number of rotatable bonds is 10. The molecule has 1 aromatic heterocycles. The summed E-state index contributed by atoms with van der Waals surface area (Å²) in [4.78, 5) is 12.5. The fourth-order valence-corrected chi connectivity index (χ4v) is 4.09. The van der Waals surface area contributed by atoms with Crippen LogP contribution in [0.15, 0.2) is 48.1 Å². The number of benzene rings is 2. The van der Waals surface area contributed by atoms with Crippen molar-refractivity contribution in [1.82, 2.24) is 14.8 Å². The molecule has 3 aromatic rings. The minimum atomic E-state index is -0.165. The lowest BCUT2D eigenvalue weighted by atomic mass is 10.1. The average Bonchev–Trinajstić information content (AvgIpc) is 3.16. The standard InChI is InChI=1S/C24H27ClN4O3S/c1-6-9-29-21(13-32-18-11-16(3)23(25)17(4)12-18)27-28-24(29)33-14-22(30)26-19-10-15(2)7-8-20(19)31-5/h6-8,10-12H,1,9,13-14H2,2-5H3,(H,26,30). The summed E-state index contributed by atoms with van der Waals surface area (Å²) in [5.74, 6) is 1.97. The van der Waals surface area contributed by atoms with Crippen LogP contribution in [0.4, 0.5) is 5.69 Å². The summed E-state index contributed by atoms with van der Waals surface area (Å²) in [6, 6.07) is 9.41. The molecule has 3 rings (SSSR count). The van der Waals surface area contributed by atoms with E-state index in [0.29, 0.717) is 34.7 Å². The van der Waals surface area contributed by atoms with Gasteiger partial charge in [0.15, 0.2) is 11.0 Å². The smallest absolute Gasteiger partial charge is 0.234 e. The van der Waals surface area contributed by atoms with Crippen molar-refractivity contribution in [2.45, 2.75) is 39.1 Å². The Labute approximate surface area is 203 Å². The number of aromatic nitrogens is 3. The minimum Gasteiger partial charge on any atom is -0.495 e. The molecule has 0 saturated carbocycles. The molecule has 0 saturated heterocycles. The highest BCUT2D eigenvalue weighted by atomic mass is 35.5. The third-order valence-electron chi connectivity index (χ3n) is 4.84. The number of thioether (sulfide) groups is 1.